The van der Waals surface area contributed by atoms with Crippen molar-refractivity contribution >= 4 is 27.2 Å². The number of aromatic nitrogens is 1. The zero-order valence-corrected chi connectivity index (χ0v) is 16.7. The summed E-state index contributed by atoms with van der Waals surface area (Å²) in [6.07, 6.45) is 1.51. The summed E-state index contributed by atoms with van der Waals surface area (Å²) in [4.78, 5) is 4.60. The van der Waals surface area contributed by atoms with Crippen LogP contribution in [-0.2, 0) is 10.0 Å². The van der Waals surface area contributed by atoms with Gasteiger partial charge in [0.25, 0.3) is 10.0 Å². The maximum absolute atomic E-state index is 12.7. The molecule has 0 fully saturated rings. The lowest BCUT2D eigenvalue weighted by Gasteiger charge is -2.12. The number of aryl methyl sites for hydroxylation is 4. The van der Waals surface area contributed by atoms with Gasteiger partial charge in [0.15, 0.2) is 0 Å². The highest BCUT2D eigenvalue weighted by Gasteiger charge is 2.17. The van der Waals surface area contributed by atoms with E-state index in [-0.39, 0.29) is 4.90 Å². The van der Waals surface area contributed by atoms with Gasteiger partial charge in [-0.25, -0.2) is 13.4 Å². The van der Waals surface area contributed by atoms with Crippen molar-refractivity contribution in [3.63, 3.8) is 0 Å². The summed E-state index contributed by atoms with van der Waals surface area (Å²) in [6, 6.07) is 15.0. The van der Waals surface area contributed by atoms with Crippen LogP contribution in [0.15, 0.2) is 59.6 Å². The Morgan fingerprint density at radius 1 is 0.815 bits per heavy atom. The number of anilines is 3. The van der Waals surface area contributed by atoms with Crippen LogP contribution in [0.25, 0.3) is 0 Å². The smallest absolute Gasteiger partial charge is 0.262 e. The maximum atomic E-state index is 12.7. The zero-order chi connectivity index (χ0) is 19.6. The summed E-state index contributed by atoms with van der Waals surface area (Å²) in [6.45, 7) is 7.70. The van der Waals surface area contributed by atoms with Gasteiger partial charge in [-0.2, -0.15) is 0 Å². The zero-order valence-electron chi connectivity index (χ0n) is 15.9. The average Bonchev–Trinajstić information content (AvgIpc) is 2.61. The van der Waals surface area contributed by atoms with Crippen molar-refractivity contribution in [2.75, 3.05) is 10.0 Å². The van der Waals surface area contributed by atoms with Gasteiger partial charge in [-0.15, -0.1) is 0 Å². The van der Waals surface area contributed by atoms with E-state index in [0.29, 0.717) is 17.1 Å². The van der Waals surface area contributed by atoms with Gasteiger partial charge in [-0.05, 0) is 74.2 Å². The predicted octanol–water partition coefficient (Wildman–Crippen LogP) is 4.86. The maximum Gasteiger partial charge on any atom is 0.262 e. The minimum absolute atomic E-state index is 0.278. The first kappa shape index (κ1) is 18.9. The highest BCUT2D eigenvalue weighted by Crippen LogP contribution is 2.23. The van der Waals surface area contributed by atoms with Crippen LogP contribution in [0.5, 0.6) is 0 Å². The highest BCUT2D eigenvalue weighted by atomic mass is 32.2. The third-order valence-corrected chi connectivity index (χ3v) is 5.83. The Morgan fingerprint density at radius 2 is 1.48 bits per heavy atom. The lowest BCUT2D eigenvalue weighted by Crippen LogP contribution is -2.14. The van der Waals surface area contributed by atoms with Crippen molar-refractivity contribution in [3.05, 3.63) is 77.0 Å². The summed E-state index contributed by atoms with van der Waals surface area (Å²) in [5, 5.41) is 3.26. The molecule has 1 heterocycles. The normalized spacial score (nSPS) is 11.3. The van der Waals surface area contributed by atoms with Crippen molar-refractivity contribution in [3.8, 4) is 0 Å². The van der Waals surface area contributed by atoms with Crippen LogP contribution in [-0.4, -0.2) is 13.4 Å². The average molecular weight is 382 g/mol. The molecule has 3 aromatic rings. The Morgan fingerprint density at radius 3 is 2.15 bits per heavy atom. The molecule has 0 unspecified atom stereocenters. The Bertz CT molecular complexity index is 1080. The SMILES string of the molecule is Cc1ccc(C)c(Nc2ccc(NS(=O)(=O)c3cc(C)ccc3C)cn2)c1. The van der Waals surface area contributed by atoms with Crippen LogP contribution < -0.4 is 10.0 Å². The van der Waals surface area contributed by atoms with Crippen molar-refractivity contribution in [1.29, 1.82) is 0 Å². The third-order valence-electron chi connectivity index (χ3n) is 4.30. The van der Waals surface area contributed by atoms with Crippen molar-refractivity contribution in [2.45, 2.75) is 32.6 Å². The number of nitrogens with one attached hydrogen (secondary N) is 2. The minimum Gasteiger partial charge on any atom is -0.340 e. The molecule has 3 rings (SSSR count). The Hall–Kier alpha value is -2.86. The van der Waals surface area contributed by atoms with E-state index in [4.69, 9.17) is 0 Å². The molecule has 0 aliphatic carbocycles. The van der Waals surface area contributed by atoms with Crippen LogP contribution in [0.1, 0.15) is 22.3 Å². The standard InChI is InChI=1S/C21H23N3O2S/c1-14-5-7-16(3)19(11-14)23-21-10-9-18(13-22-21)24-27(25,26)20-12-15(2)6-8-17(20)4/h5-13,24H,1-4H3,(H,22,23). The molecular formula is C21H23N3O2S. The molecule has 0 saturated carbocycles. The fourth-order valence-corrected chi connectivity index (χ4v) is 4.12. The molecular weight excluding hydrogens is 358 g/mol. The number of pyridine rings is 1. The molecule has 1 aromatic heterocycles. The van der Waals surface area contributed by atoms with Crippen molar-refractivity contribution in [1.82, 2.24) is 4.98 Å². The molecule has 0 atom stereocenters. The second-order valence-electron chi connectivity index (χ2n) is 6.75. The van der Waals surface area contributed by atoms with Crippen LogP contribution in [0.4, 0.5) is 17.2 Å². The predicted molar refractivity (Wildman–Crippen MR) is 110 cm³/mol. The molecule has 0 radical (unpaired) electrons. The van der Waals surface area contributed by atoms with Crippen LogP contribution >= 0.6 is 0 Å². The van der Waals surface area contributed by atoms with Gasteiger partial charge in [0, 0.05) is 5.69 Å². The second-order valence-corrected chi connectivity index (χ2v) is 8.40. The number of hydrogen-bond donors (Lipinski definition) is 2. The Balaban J connectivity index is 1.79. The van der Waals surface area contributed by atoms with E-state index in [2.05, 4.69) is 21.1 Å². The monoisotopic (exact) mass is 381 g/mol. The minimum atomic E-state index is -3.66. The van der Waals surface area contributed by atoms with E-state index in [1.807, 2.05) is 39.0 Å². The molecule has 2 N–H and O–H groups in total. The molecule has 140 valence electrons. The van der Waals surface area contributed by atoms with E-state index in [9.17, 15) is 8.42 Å². The third kappa shape index (κ3) is 4.46. The van der Waals surface area contributed by atoms with E-state index in [1.165, 1.54) is 6.20 Å². The highest BCUT2D eigenvalue weighted by molar-refractivity contribution is 7.92. The van der Waals surface area contributed by atoms with E-state index < -0.39 is 10.0 Å². The Kier molecular flexibility index (Phi) is 5.19. The summed E-state index contributed by atoms with van der Waals surface area (Å²) in [5.74, 6) is 0.651. The van der Waals surface area contributed by atoms with Crippen LogP contribution in [0, 0.1) is 27.7 Å². The van der Waals surface area contributed by atoms with Gasteiger partial charge >= 0.3 is 0 Å². The van der Waals surface area contributed by atoms with Gasteiger partial charge in [-0.3, -0.25) is 4.72 Å². The molecule has 0 aliphatic heterocycles. The molecule has 0 spiro atoms. The Labute approximate surface area is 160 Å². The van der Waals surface area contributed by atoms with Gasteiger partial charge in [0.05, 0.1) is 16.8 Å². The van der Waals surface area contributed by atoms with Crippen LogP contribution in [0.3, 0.4) is 0 Å². The summed E-state index contributed by atoms with van der Waals surface area (Å²) >= 11 is 0. The summed E-state index contributed by atoms with van der Waals surface area (Å²) < 4.78 is 28.0. The molecule has 5 nitrogen and oxygen atoms in total. The molecule has 6 heteroatoms. The first-order valence-electron chi connectivity index (χ1n) is 8.65. The quantitative estimate of drug-likeness (QED) is 0.662. The number of hydrogen-bond acceptors (Lipinski definition) is 4. The molecule has 0 aliphatic rings. The second kappa shape index (κ2) is 7.40. The van der Waals surface area contributed by atoms with Gasteiger partial charge in [0.1, 0.15) is 5.82 Å². The van der Waals surface area contributed by atoms with Crippen molar-refractivity contribution < 1.29 is 8.42 Å². The molecule has 0 bridgehead atoms. The fraction of sp³-hybridized carbons (Fsp3) is 0.190. The molecule has 2 aromatic carbocycles. The number of benzene rings is 2. The largest absolute Gasteiger partial charge is 0.340 e. The lowest BCUT2D eigenvalue weighted by atomic mass is 10.1. The number of sulfonamides is 1. The van der Waals surface area contributed by atoms with Crippen LogP contribution in [0.2, 0.25) is 0 Å². The number of rotatable bonds is 5. The van der Waals surface area contributed by atoms with E-state index in [0.717, 1.165) is 22.4 Å². The van der Waals surface area contributed by atoms with Gasteiger partial charge in [-0.1, -0.05) is 24.3 Å². The van der Waals surface area contributed by atoms with Gasteiger partial charge < -0.3 is 5.32 Å². The van der Waals surface area contributed by atoms with Crippen molar-refractivity contribution in [2.24, 2.45) is 0 Å². The molecule has 0 saturated heterocycles. The first-order chi connectivity index (χ1) is 12.7. The fourth-order valence-electron chi connectivity index (χ4n) is 2.74. The molecule has 0 amide bonds. The number of nitrogens with zero attached hydrogens (tertiary/aromatic N) is 1. The molecule has 27 heavy (non-hydrogen) atoms. The van der Waals surface area contributed by atoms with E-state index in [1.54, 1.807) is 31.2 Å². The topological polar surface area (TPSA) is 71.1 Å². The van der Waals surface area contributed by atoms with E-state index >= 15 is 0 Å². The summed E-state index contributed by atoms with van der Waals surface area (Å²) in [5.41, 5.74) is 5.26. The lowest BCUT2D eigenvalue weighted by molar-refractivity contribution is 0.600. The summed E-state index contributed by atoms with van der Waals surface area (Å²) in [7, 11) is -3.66. The first-order valence-corrected chi connectivity index (χ1v) is 10.1. The van der Waals surface area contributed by atoms with Gasteiger partial charge in [0.2, 0.25) is 0 Å².